The molecule has 1 aromatic carbocycles. The maximum Gasteiger partial charge on any atom is 0.273 e. The molecular formula is C11H13F2N3O2S. The smallest absolute Gasteiger partial charge is 0.273 e. The van der Waals surface area contributed by atoms with Crippen molar-refractivity contribution in [3.63, 3.8) is 0 Å². The second-order valence-corrected chi connectivity index (χ2v) is 5.71. The fourth-order valence-corrected chi connectivity index (χ4v) is 2.66. The molecule has 0 amide bonds. The molecule has 1 aromatic rings. The van der Waals surface area contributed by atoms with Gasteiger partial charge < -0.3 is 5.73 Å². The summed E-state index contributed by atoms with van der Waals surface area (Å²) < 4.78 is 51.3. The van der Waals surface area contributed by atoms with Gasteiger partial charge in [0, 0.05) is 0 Å². The normalized spacial score (nSPS) is 12.2. The second-order valence-electron chi connectivity index (χ2n) is 3.98. The van der Waals surface area contributed by atoms with E-state index in [2.05, 4.69) is 0 Å². The van der Waals surface area contributed by atoms with E-state index in [1.165, 1.54) is 25.1 Å². The molecule has 0 aliphatic heterocycles. The quantitative estimate of drug-likeness (QED) is 0.835. The molecule has 1 rings (SSSR count). The van der Waals surface area contributed by atoms with Crippen molar-refractivity contribution in [2.75, 3.05) is 13.1 Å². The van der Waals surface area contributed by atoms with Gasteiger partial charge in [-0.15, -0.1) is 0 Å². The second kappa shape index (κ2) is 5.61. The Hall–Kier alpha value is -1.56. The minimum absolute atomic E-state index is 0.140. The molecule has 5 nitrogen and oxygen atoms in total. The lowest BCUT2D eigenvalue weighted by Crippen LogP contribution is -2.41. The van der Waals surface area contributed by atoms with Gasteiger partial charge in [0.05, 0.1) is 29.6 Å². The van der Waals surface area contributed by atoms with Crippen molar-refractivity contribution in [3.8, 4) is 6.07 Å². The summed E-state index contributed by atoms with van der Waals surface area (Å²) in [5.41, 5.74) is 5.42. The minimum Gasteiger partial charge on any atom is -0.325 e. The fraction of sp³-hybridized carbons (Fsp3) is 0.364. The summed E-state index contributed by atoms with van der Waals surface area (Å²) in [6.45, 7) is -0.524. The highest BCUT2D eigenvalue weighted by molar-refractivity contribution is 7.89. The van der Waals surface area contributed by atoms with Crippen molar-refractivity contribution in [1.82, 2.24) is 4.72 Å². The van der Waals surface area contributed by atoms with Crippen LogP contribution in [0.2, 0.25) is 0 Å². The van der Waals surface area contributed by atoms with Crippen molar-refractivity contribution in [2.24, 2.45) is 5.73 Å². The van der Waals surface area contributed by atoms with Crippen LogP contribution in [-0.2, 0) is 10.0 Å². The monoisotopic (exact) mass is 289 g/mol. The number of nitrogens with two attached hydrogens (primary N) is 1. The molecule has 104 valence electrons. The number of nitriles is 1. The Morgan fingerprint density at radius 2 is 2.11 bits per heavy atom. The topological polar surface area (TPSA) is 96.0 Å². The third-order valence-corrected chi connectivity index (χ3v) is 3.97. The van der Waals surface area contributed by atoms with Crippen LogP contribution in [0.3, 0.4) is 0 Å². The van der Waals surface area contributed by atoms with Crippen molar-refractivity contribution in [2.45, 2.75) is 17.7 Å². The molecule has 0 heterocycles. The Balaban J connectivity index is 2.99. The summed E-state index contributed by atoms with van der Waals surface area (Å²) in [5, 5.41) is 8.67. The van der Waals surface area contributed by atoms with Gasteiger partial charge in [0.15, 0.2) is 0 Å². The Morgan fingerprint density at radius 3 is 2.58 bits per heavy atom. The lowest BCUT2D eigenvalue weighted by molar-refractivity contribution is 0.0170. The van der Waals surface area contributed by atoms with Crippen LogP contribution < -0.4 is 10.5 Å². The van der Waals surface area contributed by atoms with E-state index in [1.54, 1.807) is 4.72 Å². The number of nitrogens with one attached hydrogen (secondary N) is 1. The zero-order chi connectivity index (χ0) is 14.7. The predicted octanol–water partition coefficient (Wildman–Crippen LogP) is 0.739. The SMILES string of the molecule is Cc1cc(C#N)ccc1S(=O)(=O)NCC(F)(F)CN. The molecule has 0 aliphatic rings. The molecule has 0 radical (unpaired) electrons. The molecule has 0 aliphatic carbocycles. The number of rotatable bonds is 5. The number of alkyl halides is 2. The summed E-state index contributed by atoms with van der Waals surface area (Å²) in [6.07, 6.45) is 0. The van der Waals surface area contributed by atoms with Crippen LogP contribution in [0.5, 0.6) is 0 Å². The molecule has 0 aromatic heterocycles. The first-order valence-corrected chi connectivity index (χ1v) is 6.78. The van der Waals surface area contributed by atoms with Crippen molar-refractivity contribution >= 4 is 10.0 Å². The Morgan fingerprint density at radius 1 is 1.47 bits per heavy atom. The van der Waals surface area contributed by atoms with Crippen LogP contribution >= 0.6 is 0 Å². The first-order chi connectivity index (χ1) is 8.72. The van der Waals surface area contributed by atoms with E-state index in [0.717, 1.165) is 0 Å². The average Bonchev–Trinajstić information content (AvgIpc) is 2.36. The van der Waals surface area contributed by atoms with Crippen molar-refractivity contribution in [1.29, 1.82) is 5.26 Å². The molecule has 0 saturated carbocycles. The summed E-state index contributed by atoms with van der Waals surface area (Å²) in [5.74, 6) is -3.30. The Kier molecular flexibility index (Phi) is 4.57. The van der Waals surface area contributed by atoms with Gasteiger partial charge in [-0.25, -0.2) is 21.9 Å². The van der Waals surface area contributed by atoms with E-state index in [4.69, 9.17) is 11.0 Å². The van der Waals surface area contributed by atoms with Crippen molar-refractivity contribution < 1.29 is 17.2 Å². The van der Waals surface area contributed by atoms with Gasteiger partial charge in [-0.05, 0) is 30.7 Å². The lowest BCUT2D eigenvalue weighted by Gasteiger charge is -2.15. The predicted molar refractivity (Wildman–Crippen MR) is 65.1 cm³/mol. The number of hydrogen-bond donors (Lipinski definition) is 2. The highest BCUT2D eigenvalue weighted by Gasteiger charge is 2.29. The zero-order valence-electron chi connectivity index (χ0n) is 10.2. The molecule has 19 heavy (non-hydrogen) atoms. The van der Waals surface area contributed by atoms with Gasteiger partial charge >= 0.3 is 0 Å². The van der Waals surface area contributed by atoms with Gasteiger partial charge in [0.1, 0.15) is 0 Å². The van der Waals surface area contributed by atoms with Crippen LogP contribution in [0.25, 0.3) is 0 Å². The minimum atomic E-state index is -4.05. The lowest BCUT2D eigenvalue weighted by atomic mass is 10.2. The van der Waals surface area contributed by atoms with E-state index < -0.39 is 29.0 Å². The van der Waals surface area contributed by atoms with Crippen LogP contribution in [-0.4, -0.2) is 27.4 Å². The molecular weight excluding hydrogens is 276 g/mol. The number of hydrogen-bond acceptors (Lipinski definition) is 4. The highest BCUT2D eigenvalue weighted by atomic mass is 32.2. The number of nitrogens with zero attached hydrogens (tertiary/aromatic N) is 1. The zero-order valence-corrected chi connectivity index (χ0v) is 11.0. The van der Waals surface area contributed by atoms with Crippen molar-refractivity contribution in [3.05, 3.63) is 29.3 Å². The first-order valence-electron chi connectivity index (χ1n) is 5.30. The van der Waals surface area contributed by atoms with Gasteiger partial charge in [0.2, 0.25) is 10.0 Å². The molecule has 0 bridgehead atoms. The molecule has 0 saturated heterocycles. The van der Waals surface area contributed by atoms with E-state index in [-0.39, 0.29) is 4.90 Å². The maximum absolute atomic E-state index is 12.9. The van der Waals surface area contributed by atoms with Gasteiger partial charge in [-0.3, -0.25) is 0 Å². The average molecular weight is 289 g/mol. The van der Waals surface area contributed by atoms with Crippen LogP contribution in [0, 0.1) is 18.3 Å². The number of aryl methyl sites for hydroxylation is 1. The van der Waals surface area contributed by atoms with E-state index in [0.29, 0.717) is 11.1 Å². The third kappa shape index (κ3) is 3.96. The largest absolute Gasteiger partial charge is 0.325 e. The van der Waals surface area contributed by atoms with E-state index >= 15 is 0 Å². The molecule has 0 unspecified atom stereocenters. The summed E-state index contributed by atoms with van der Waals surface area (Å²) in [7, 11) is -4.05. The molecule has 8 heteroatoms. The number of benzene rings is 1. The summed E-state index contributed by atoms with van der Waals surface area (Å²) in [6, 6.07) is 5.74. The van der Waals surface area contributed by atoms with Gasteiger partial charge in [-0.1, -0.05) is 0 Å². The van der Waals surface area contributed by atoms with Crippen LogP contribution in [0.1, 0.15) is 11.1 Å². The van der Waals surface area contributed by atoms with E-state index in [1.807, 2.05) is 6.07 Å². The summed E-state index contributed by atoms with van der Waals surface area (Å²) >= 11 is 0. The van der Waals surface area contributed by atoms with E-state index in [9.17, 15) is 17.2 Å². The molecule has 0 atom stereocenters. The standard InChI is InChI=1S/C11H13F2N3O2S/c1-8-4-9(5-14)2-3-10(8)19(17,18)16-7-11(12,13)6-15/h2-4,16H,6-7,15H2,1H3. The van der Waals surface area contributed by atoms with Gasteiger partial charge in [0.25, 0.3) is 5.92 Å². The number of sulfonamides is 1. The van der Waals surface area contributed by atoms with Crippen LogP contribution in [0.4, 0.5) is 8.78 Å². The maximum atomic E-state index is 12.9. The summed E-state index contributed by atoms with van der Waals surface area (Å²) in [4.78, 5) is -0.140. The molecule has 0 spiro atoms. The molecule has 0 fully saturated rings. The van der Waals surface area contributed by atoms with Crippen LogP contribution in [0.15, 0.2) is 23.1 Å². The van der Waals surface area contributed by atoms with Gasteiger partial charge in [-0.2, -0.15) is 5.26 Å². The fourth-order valence-electron chi connectivity index (χ4n) is 1.37. The Bertz CT molecular complexity index is 609. The first kappa shape index (κ1) is 15.5. The highest BCUT2D eigenvalue weighted by Crippen LogP contribution is 2.17. The number of halogens is 2. The third-order valence-electron chi connectivity index (χ3n) is 2.41. The molecule has 3 N–H and O–H groups in total. The Labute approximate surface area is 110 Å².